The number of benzene rings is 4. The SMILES string of the molecule is CCC[C](=[Zr+2])CCC.Cc1ccccc1-c1[c-]c2c(cc1C(C)(C)C)-c1cc(C(C)(C)C)c(-c3ccccc3C)cc1C2.[Cl-].[Cl-].c1cc[cH-]c1. The zero-order valence-corrected chi connectivity index (χ0v) is 36.0. The molecule has 0 unspecified atom stereocenters. The summed E-state index contributed by atoms with van der Waals surface area (Å²) in [5.41, 5.74) is 16.3. The minimum atomic E-state index is 0. The van der Waals surface area contributed by atoms with Gasteiger partial charge in [0.25, 0.3) is 0 Å². The quantitative estimate of drug-likeness (QED) is 0.156. The van der Waals surface area contributed by atoms with Crippen molar-refractivity contribution in [2.75, 3.05) is 0 Å². The molecule has 0 aliphatic heterocycles. The normalized spacial score (nSPS) is 11.4. The van der Waals surface area contributed by atoms with Crippen molar-refractivity contribution >= 4 is 3.21 Å². The maximum atomic E-state index is 3.93. The van der Waals surface area contributed by atoms with E-state index in [0.717, 1.165) is 6.42 Å². The molecule has 5 aromatic carbocycles. The van der Waals surface area contributed by atoms with Crippen LogP contribution in [0, 0.1) is 19.9 Å². The number of hydrogen-bond donors (Lipinski definition) is 0. The van der Waals surface area contributed by atoms with Crippen LogP contribution in [0.4, 0.5) is 0 Å². The van der Waals surface area contributed by atoms with Crippen LogP contribution in [0.2, 0.25) is 0 Å². The van der Waals surface area contributed by atoms with Crippen LogP contribution in [-0.4, -0.2) is 3.21 Å². The van der Waals surface area contributed by atoms with Crippen LogP contribution in [-0.2, 0) is 41.5 Å². The van der Waals surface area contributed by atoms with E-state index in [4.69, 9.17) is 0 Å². The van der Waals surface area contributed by atoms with E-state index in [2.05, 4.69) is 142 Å². The van der Waals surface area contributed by atoms with Crippen molar-refractivity contribution in [2.45, 2.75) is 112 Å². The van der Waals surface area contributed by atoms with E-state index in [9.17, 15) is 0 Å². The minimum absolute atomic E-state index is 0. The van der Waals surface area contributed by atoms with Crippen LogP contribution in [0.3, 0.4) is 0 Å². The summed E-state index contributed by atoms with van der Waals surface area (Å²) in [4.78, 5) is 0. The van der Waals surface area contributed by atoms with Crippen LogP contribution in [0.15, 0.2) is 97.1 Å². The molecule has 264 valence electrons. The summed E-state index contributed by atoms with van der Waals surface area (Å²) in [6.07, 6.45) is 6.34. The Kier molecular flexibility index (Phi) is 17.0. The monoisotopic (exact) mass is 780 g/mol. The molecule has 0 atom stereocenters. The molecule has 6 rings (SSSR count). The van der Waals surface area contributed by atoms with Gasteiger partial charge in [0.05, 0.1) is 0 Å². The Hall–Kier alpha value is -2.44. The Bertz CT molecular complexity index is 1680. The van der Waals surface area contributed by atoms with Gasteiger partial charge in [0, 0.05) is 0 Å². The molecule has 0 amide bonds. The molecule has 3 heteroatoms. The van der Waals surface area contributed by atoms with Gasteiger partial charge in [-0.1, -0.05) is 124 Å². The first-order valence-corrected chi connectivity index (χ1v) is 19.1. The van der Waals surface area contributed by atoms with Gasteiger partial charge in [-0.3, -0.25) is 0 Å². The second-order valence-electron chi connectivity index (χ2n) is 15.4. The third kappa shape index (κ3) is 11.0. The van der Waals surface area contributed by atoms with Gasteiger partial charge < -0.3 is 24.8 Å². The molecule has 0 bridgehead atoms. The maximum Gasteiger partial charge on any atom is -0.0126 e. The van der Waals surface area contributed by atoms with Crippen molar-refractivity contribution < 1.29 is 49.0 Å². The first-order valence-electron chi connectivity index (χ1n) is 17.9. The molecule has 0 N–H and O–H groups in total. The Balaban J connectivity index is 0.000000489. The van der Waals surface area contributed by atoms with E-state index in [0.29, 0.717) is 0 Å². The summed E-state index contributed by atoms with van der Waals surface area (Å²) in [7, 11) is 0. The summed E-state index contributed by atoms with van der Waals surface area (Å²) >= 11 is 1.65. The van der Waals surface area contributed by atoms with E-state index in [1.54, 1.807) is 27.4 Å². The Morgan fingerprint density at radius 2 is 1.14 bits per heavy atom. The van der Waals surface area contributed by atoms with Gasteiger partial charge in [-0.15, -0.1) is 28.8 Å². The molecule has 50 heavy (non-hydrogen) atoms. The molecule has 0 aromatic heterocycles. The average Bonchev–Trinajstić information content (AvgIpc) is 3.72. The molecule has 0 nitrogen and oxygen atoms in total. The van der Waals surface area contributed by atoms with Crippen LogP contribution in [0.25, 0.3) is 33.4 Å². The fourth-order valence-corrected chi connectivity index (χ4v) is 7.85. The zero-order valence-electron chi connectivity index (χ0n) is 32.0. The number of aryl methyl sites for hydroxylation is 2. The summed E-state index contributed by atoms with van der Waals surface area (Å²) in [6, 6.07) is 38.9. The smallest absolute Gasteiger partial charge is 0.0126 e. The Labute approximate surface area is 332 Å². The van der Waals surface area contributed by atoms with Gasteiger partial charge in [0.2, 0.25) is 0 Å². The molecule has 0 radical (unpaired) electrons. The average molecular weight is 783 g/mol. The largest absolute Gasteiger partial charge is 1.00 e. The van der Waals surface area contributed by atoms with Crippen molar-refractivity contribution in [3.05, 3.63) is 137 Å². The molecule has 0 saturated heterocycles. The van der Waals surface area contributed by atoms with E-state index in [1.807, 2.05) is 30.3 Å². The van der Waals surface area contributed by atoms with Gasteiger partial charge >= 0.3 is 67.0 Å². The molecule has 1 aliphatic rings. The molecular formula is C47H56Cl2Zr-2. The summed E-state index contributed by atoms with van der Waals surface area (Å²) < 4.78 is 1.75. The minimum Gasteiger partial charge on any atom is -1.00 e. The standard InChI is InChI=1S/C35H37.C7H14.C5H5.2ClH.Zr/c1-22-13-9-11-15-26(22)30-18-24-17-25-19-31(27-16-12-10-14-23(27)2)33(35(6,7)8)21-29(25)28(24)20-32(30)34(3,4)5;1-3-5-7-6-4-2;1-2-4-5-3-1;;;/h9-16,18,20-21H,17H2,1-8H3;3-6H2,1-2H3;1-5H;2*1H;/q-1;;-1;;;+2/p-2. The van der Waals surface area contributed by atoms with Crippen molar-refractivity contribution in [2.24, 2.45) is 0 Å². The summed E-state index contributed by atoms with van der Waals surface area (Å²) in [6.45, 7) is 22.9. The fraction of sp³-hybridized carbons (Fsp3) is 0.362. The Morgan fingerprint density at radius 3 is 1.60 bits per heavy atom. The van der Waals surface area contributed by atoms with Crippen LogP contribution >= 0.6 is 0 Å². The topological polar surface area (TPSA) is 0 Å². The van der Waals surface area contributed by atoms with Gasteiger partial charge in [-0.05, 0) is 58.9 Å². The molecule has 0 saturated carbocycles. The van der Waals surface area contributed by atoms with Crippen LogP contribution in [0.1, 0.15) is 114 Å². The van der Waals surface area contributed by atoms with E-state index in [1.165, 1.54) is 92.4 Å². The second-order valence-corrected chi connectivity index (χ2v) is 17.1. The number of fused-ring (bicyclic) bond motifs is 3. The van der Waals surface area contributed by atoms with E-state index >= 15 is 0 Å². The summed E-state index contributed by atoms with van der Waals surface area (Å²) in [5.74, 6) is 0. The van der Waals surface area contributed by atoms with Crippen LogP contribution < -0.4 is 24.8 Å². The third-order valence-electron chi connectivity index (χ3n) is 9.18. The molecular weight excluding hydrogens is 727 g/mol. The first kappa shape index (κ1) is 43.7. The van der Waals surface area contributed by atoms with Crippen molar-refractivity contribution in [3.63, 3.8) is 0 Å². The fourth-order valence-electron chi connectivity index (χ4n) is 6.63. The van der Waals surface area contributed by atoms with Gasteiger partial charge in [-0.25, -0.2) is 12.1 Å². The van der Waals surface area contributed by atoms with E-state index < -0.39 is 0 Å². The first-order chi connectivity index (χ1) is 22.8. The zero-order chi connectivity index (χ0) is 35.1. The van der Waals surface area contributed by atoms with Crippen molar-refractivity contribution in [3.8, 4) is 33.4 Å². The maximum absolute atomic E-state index is 3.93. The van der Waals surface area contributed by atoms with Gasteiger partial charge in [0.1, 0.15) is 0 Å². The van der Waals surface area contributed by atoms with Crippen LogP contribution in [0.5, 0.6) is 0 Å². The number of hydrogen-bond acceptors (Lipinski definition) is 0. The molecule has 0 fully saturated rings. The number of halogens is 2. The van der Waals surface area contributed by atoms with Gasteiger partial charge in [-0.2, -0.15) is 18.2 Å². The molecule has 0 spiro atoms. The third-order valence-corrected chi connectivity index (χ3v) is 10.4. The second kappa shape index (κ2) is 19.4. The predicted octanol–water partition coefficient (Wildman–Crippen LogP) is 7.32. The molecule has 1 aliphatic carbocycles. The molecule has 0 heterocycles. The Morgan fingerprint density at radius 1 is 0.640 bits per heavy atom. The van der Waals surface area contributed by atoms with Crippen molar-refractivity contribution in [1.82, 2.24) is 0 Å². The number of rotatable bonds is 6. The van der Waals surface area contributed by atoms with E-state index in [-0.39, 0.29) is 35.6 Å². The van der Waals surface area contributed by atoms with Gasteiger partial charge in [0.15, 0.2) is 0 Å². The predicted molar refractivity (Wildman–Crippen MR) is 208 cm³/mol. The molecule has 5 aromatic rings. The van der Waals surface area contributed by atoms with Crippen molar-refractivity contribution in [1.29, 1.82) is 0 Å². The summed E-state index contributed by atoms with van der Waals surface area (Å²) in [5, 5.41) is 0.